The standard InChI is InChI=1S/C17H12O4/c18-9-20-15-7-13(15)16-8-14(19)12-6-5-10-3-1-2-4-11(10)17(12)21-16/h1-6,8-9,13,15H,7H2. The van der Waals surface area contributed by atoms with Crippen molar-refractivity contribution in [2.75, 3.05) is 0 Å². The second kappa shape index (κ2) is 4.45. The van der Waals surface area contributed by atoms with Gasteiger partial charge in [-0.1, -0.05) is 30.3 Å². The highest BCUT2D eigenvalue weighted by atomic mass is 16.5. The number of rotatable bonds is 3. The monoisotopic (exact) mass is 280 g/mol. The van der Waals surface area contributed by atoms with Crippen LogP contribution in [-0.4, -0.2) is 12.6 Å². The van der Waals surface area contributed by atoms with E-state index in [1.54, 1.807) is 6.07 Å². The molecule has 0 N–H and O–H groups in total. The van der Waals surface area contributed by atoms with Gasteiger partial charge in [0.2, 0.25) is 0 Å². The number of fused-ring (bicyclic) bond motifs is 3. The molecule has 1 aromatic heterocycles. The molecule has 1 saturated carbocycles. The number of carbonyl (C=O) groups is 1. The van der Waals surface area contributed by atoms with Crippen LogP contribution in [0.3, 0.4) is 0 Å². The fourth-order valence-electron chi connectivity index (χ4n) is 2.78. The number of ether oxygens (including phenoxy) is 1. The number of carbonyl (C=O) groups excluding carboxylic acids is 1. The maximum absolute atomic E-state index is 12.3. The van der Waals surface area contributed by atoms with Crippen LogP contribution in [-0.2, 0) is 9.53 Å². The van der Waals surface area contributed by atoms with Crippen molar-refractivity contribution in [2.45, 2.75) is 18.4 Å². The SMILES string of the molecule is O=COC1CC1c1cc(=O)c2ccc3ccccc3c2o1. The zero-order valence-electron chi connectivity index (χ0n) is 11.1. The Bertz CT molecular complexity index is 909. The maximum atomic E-state index is 12.3. The number of hydrogen-bond donors (Lipinski definition) is 0. The molecule has 3 aromatic rings. The topological polar surface area (TPSA) is 56.5 Å². The van der Waals surface area contributed by atoms with Gasteiger partial charge in [-0.3, -0.25) is 9.59 Å². The van der Waals surface area contributed by atoms with Crippen LogP contribution in [0.4, 0.5) is 0 Å². The zero-order valence-corrected chi connectivity index (χ0v) is 11.1. The average Bonchev–Trinajstić information content (AvgIpc) is 3.27. The van der Waals surface area contributed by atoms with E-state index < -0.39 is 0 Å². The largest absolute Gasteiger partial charge is 0.464 e. The van der Waals surface area contributed by atoms with Crippen molar-refractivity contribution in [3.63, 3.8) is 0 Å². The molecule has 0 radical (unpaired) electrons. The summed E-state index contributed by atoms with van der Waals surface area (Å²) in [5.74, 6) is 0.585. The highest BCUT2D eigenvalue weighted by molar-refractivity contribution is 6.03. The first-order valence-corrected chi connectivity index (χ1v) is 6.82. The third-order valence-corrected chi connectivity index (χ3v) is 3.97. The maximum Gasteiger partial charge on any atom is 0.293 e. The van der Waals surface area contributed by atoms with Gasteiger partial charge in [0.05, 0.1) is 11.3 Å². The minimum atomic E-state index is -0.168. The van der Waals surface area contributed by atoms with Gasteiger partial charge < -0.3 is 9.15 Å². The lowest BCUT2D eigenvalue weighted by atomic mass is 10.1. The van der Waals surface area contributed by atoms with Gasteiger partial charge in [0, 0.05) is 11.5 Å². The molecule has 0 aliphatic heterocycles. The molecule has 4 nitrogen and oxygen atoms in total. The first-order chi connectivity index (χ1) is 10.3. The van der Waals surface area contributed by atoms with E-state index in [1.165, 1.54) is 6.07 Å². The smallest absolute Gasteiger partial charge is 0.293 e. The van der Waals surface area contributed by atoms with E-state index in [1.807, 2.05) is 30.3 Å². The Kier molecular flexibility index (Phi) is 2.57. The summed E-state index contributed by atoms with van der Waals surface area (Å²) in [6, 6.07) is 13.0. The summed E-state index contributed by atoms with van der Waals surface area (Å²) in [7, 11) is 0. The molecule has 0 saturated heterocycles. The van der Waals surface area contributed by atoms with Crippen molar-refractivity contribution < 1.29 is 13.9 Å². The Morgan fingerprint density at radius 2 is 2.00 bits per heavy atom. The number of hydrogen-bond acceptors (Lipinski definition) is 4. The van der Waals surface area contributed by atoms with Crippen molar-refractivity contribution in [3.05, 3.63) is 58.4 Å². The van der Waals surface area contributed by atoms with Gasteiger partial charge in [-0.15, -0.1) is 0 Å². The molecule has 0 amide bonds. The van der Waals surface area contributed by atoms with Gasteiger partial charge in [0.25, 0.3) is 6.47 Å². The van der Waals surface area contributed by atoms with Gasteiger partial charge in [0.1, 0.15) is 17.4 Å². The van der Waals surface area contributed by atoms with E-state index in [0.717, 1.165) is 10.8 Å². The molecule has 4 rings (SSSR count). The molecule has 0 bridgehead atoms. The van der Waals surface area contributed by atoms with Crippen molar-refractivity contribution >= 4 is 28.2 Å². The highest BCUT2D eigenvalue weighted by Crippen LogP contribution is 2.43. The molecule has 1 aliphatic carbocycles. The van der Waals surface area contributed by atoms with Crippen molar-refractivity contribution in [1.82, 2.24) is 0 Å². The summed E-state index contributed by atoms with van der Waals surface area (Å²) >= 11 is 0. The third kappa shape index (κ3) is 1.91. The highest BCUT2D eigenvalue weighted by Gasteiger charge is 2.43. The second-order valence-corrected chi connectivity index (χ2v) is 5.29. The molecule has 21 heavy (non-hydrogen) atoms. The molecule has 0 spiro atoms. The summed E-state index contributed by atoms with van der Waals surface area (Å²) in [5.41, 5.74) is 0.543. The van der Waals surface area contributed by atoms with E-state index in [9.17, 15) is 9.59 Å². The third-order valence-electron chi connectivity index (χ3n) is 3.97. The molecule has 2 aromatic carbocycles. The summed E-state index contributed by atoms with van der Waals surface area (Å²) in [4.78, 5) is 22.6. The van der Waals surface area contributed by atoms with E-state index >= 15 is 0 Å². The Hall–Kier alpha value is -2.62. The predicted molar refractivity (Wildman–Crippen MR) is 78.3 cm³/mol. The predicted octanol–water partition coefficient (Wildman–Crippen LogP) is 2.98. The van der Waals surface area contributed by atoms with Crippen LogP contribution in [0.15, 0.2) is 51.7 Å². The molecular weight excluding hydrogens is 268 g/mol. The van der Waals surface area contributed by atoms with Crippen LogP contribution < -0.4 is 5.43 Å². The molecule has 1 aliphatic rings. The van der Waals surface area contributed by atoms with Crippen molar-refractivity contribution in [3.8, 4) is 0 Å². The van der Waals surface area contributed by atoms with Crippen LogP contribution in [0, 0.1) is 0 Å². The zero-order chi connectivity index (χ0) is 14.4. The summed E-state index contributed by atoms with van der Waals surface area (Å²) in [5, 5.41) is 2.52. The lowest BCUT2D eigenvalue weighted by Gasteiger charge is -2.05. The minimum Gasteiger partial charge on any atom is -0.464 e. The van der Waals surface area contributed by atoms with Crippen LogP contribution in [0.2, 0.25) is 0 Å². The van der Waals surface area contributed by atoms with E-state index in [-0.39, 0.29) is 17.5 Å². The fraction of sp³-hybridized carbons (Fsp3) is 0.176. The summed E-state index contributed by atoms with van der Waals surface area (Å²) in [6.07, 6.45) is 0.538. The van der Waals surface area contributed by atoms with Gasteiger partial charge in [-0.2, -0.15) is 0 Å². The molecule has 104 valence electrons. The van der Waals surface area contributed by atoms with Gasteiger partial charge >= 0.3 is 0 Å². The first kappa shape index (κ1) is 12.1. The Balaban J connectivity index is 1.93. The molecule has 2 atom stereocenters. The van der Waals surface area contributed by atoms with Crippen LogP contribution >= 0.6 is 0 Å². The fourth-order valence-corrected chi connectivity index (χ4v) is 2.78. The van der Waals surface area contributed by atoms with Crippen LogP contribution in [0.25, 0.3) is 21.7 Å². The summed E-state index contributed by atoms with van der Waals surface area (Å²) < 4.78 is 10.9. The minimum absolute atomic E-state index is 0.00808. The summed E-state index contributed by atoms with van der Waals surface area (Å²) in [6.45, 7) is 0.444. The first-order valence-electron chi connectivity index (χ1n) is 6.82. The Labute approximate surface area is 119 Å². The molecule has 4 heteroatoms. The molecular formula is C17H12O4. The normalized spacial score (nSPS) is 20.6. The second-order valence-electron chi connectivity index (χ2n) is 5.29. The number of benzene rings is 2. The lowest BCUT2D eigenvalue weighted by molar-refractivity contribution is -0.129. The van der Waals surface area contributed by atoms with E-state index in [2.05, 4.69) is 0 Å². The van der Waals surface area contributed by atoms with Crippen LogP contribution in [0.5, 0.6) is 0 Å². The quantitative estimate of drug-likeness (QED) is 0.546. The van der Waals surface area contributed by atoms with Gasteiger partial charge in [-0.05, 0) is 17.9 Å². The molecule has 2 unspecified atom stereocenters. The van der Waals surface area contributed by atoms with E-state index in [0.29, 0.717) is 29.6 Å². The Morgan fingerprint density at radius 1 is 1.14 bits per heavy atom. The molecule has 1 heterocycles. The molecule has 1 fully saturated rings. The average molecular weight is 280 g/mol. The van der Waals surface area contributed by atoms with Crippen molar-refractivity contribution in [1.29, 1.82) is 0 Å². The van der Waals surface area contributed by atoms with Gasteiger partial charge in [0.15, 0.2) is 5.43 Å². The van der Waals surface area contributed by atoms with Crippen LogP contribution in [0.1, 0.15) is 18.1 Å². The Morgan fingerprint density at radius 3 is 2.86 bits per heavy atom. The van der Waals surface area contributed by atoms with Gasteiger partial charge in [-0.25, -0.2) is 0 Å². The lowest BCUT2D eigenvalue weighted by Crippen LogP contribution is -2.03. The van der Waals surface area contributed by atoms with Crippen molar-refractivity contribution in [2.24, 2.45) is 0 Å². The van der Waals surface area contributed by atoms with E-state index in [4.69, 9.17) is 9.15 Å².